The first-order valence-electron chi connectivity index (χ1n) is 6.08. The molecule has 3 N–H and O–H groups in total. The fraction of sp³-hybridized carbons (Fsp3) is 1.00. The molecule has 4 nitrogen and oxygen atoms in total. The Morgan fingerprint density at radius 3 is 2.56 bits per heavy atom. The first-order valence-corrected chi connectivity index (χ1v) is 6.08. The first-order chi connectivity index (χ1) is 7.36. The van der Waals surface area contributed by atoms with E-state index in [2.05, 4.69) is 32.6 Å². The number of aliphatic hydroxyl groups excluding tert-OH is 1. The third kappa shape index (κ3) is 3.42. The Morgan fingerprint density at radius 2 is 2.12 bits per heavy atom. The highest BCUT2D eigenvalue weighted by molar-refractivity contribution is 4.91. The van der Waals surface area contributed by atoms with Crippen molar-refractivity contribution < 1.29 is 9.84 Å². The van der Waals surface area contributed by atoms with Gasteiger partial charge in [-0.2, -0.15) is 0 Å². The second-order valence-corrected chi connectivity index (χ2v) is 5.84. The van der Waals surface area contributed by atoms with Crippen molar-refractivity contribution in [3.8, 4) is 0 Å². The van der Waals surface area contributed by atoms with E-state index in [4.69, 9.17) is 15.6 Å². The van der Waals surface area contributed by atoms with E-state index >= 15 is 0 Å². The molecule has 1 aliphatic heterocycles. The number of hydrogen-bond donors (Lipinski definition) is 2. The Labute approximate surface area is 98.8 Å². The lowest BCUT2D eigenvalue weighted by Crippen LogP contribution is -2.58. The van der Waals surface area contributed by atoms with Gasteiger partial charge in [0.25, 0.3) is 0 Å². The maximum Gasteiger partial charge on any atom is 0.0933 e. The van der Waals surface area contributed by atoms with Gasteiger partial charge in [-0.25, -0.2) is 0 Å². The van der Waals surface area contributed by atoms with Gasteiger partial charge in [-0.05, 0) is 12.3 Å². The molecule has 16 heavy (non-hydrogen) atoms. The second-order valence-electron chi connectivity index (χ2n) is 5.84. The van der Waals surface area contributed by atoms with Gasteiger partial charge in [0, 0.05) is 25.2 Å². The summed E-state index contributed by atoms with van der Waals surface area (Å²) in [5.41, 5.74) is 6.24. The number of morpholine rings is 1. The lowest BCUT2D eigenvalue weighted by molar-refractivity contribution is -0.0811. The Bertz CT molecular complexity index is 214. The van der Waals surface area contributed by atoms with Crippen molar-refractivity contribution in [2.75, 3.05) is 26.3 Å². The summed E-state index contributed by atoms with van der Waals surface area (Å²) in [7, 11) is 0. The SMILES string of the molecule is CC(N)C(N1CCOC(CO)C1)C(C)(C)C. The monoisotopic (exact) mass is 230 g/mol. The van der Waals surface area contributed by atoms with E-state index in [1.54, 1.807) is 0 Å². The molecule has 0 radical (unpaired) electrons. The molecule has 1 heterocycles. The predicted molar refractivity (Wildman–Crippen MR) is 65.3 cm³/mol. The summed E-state index contributed by atoms with van der Waals surface area (Å²) in [4.78, 5) is 2.36. The third-order valence-corrected chi connectivity index (χ3v) is 3.15. The van der Waals surface area contributed by atoms with Crippen LogP contribution in [0.3, 0.4) is 0 Å². The van der Waals surface area contributed by atoms with Crippen LogP contribution in [0.4, 0.5) is 0 Å². The summed E-state index contributed by atoms with van der Waals surface area (Å²) in [6, 6.07) is 0.447. The van der Waals surface area contributed by atoms with Crippen LogP contribution < -0.4 is 5.73 Å². The number of hydrogen-bond acceptors (Lipinski definition) is 4. The Hall–Kier alpha value is -0.160. The molecule has 0 aromatic carbocycles. The van der Waals surface area contributed by atoms with Gasteiger partial charge < -0.3 is 15.6 Å². The van der Waals surface area contributed by atoms with Crippen LogP contribution in [0.2, 0.25) is 0 Å². The smallest absolute Gasteiger partial charge is 0.0933 e. The van der Waals surface area contributed by atoms with E-state index in [-0.39, 0.29) is 24.2 Å². The summed E-state index contributed by atoms with van der Waals surface area (Å²) in [6.45, 7) is 11.1. The fourth-order valence-corrected chi connectivity index (χ4v) is 2.77. The lowest BCUT2D eigenvalue weighted by Gasteiger charge is -2.45. The van der Waals surface area contributed by atoms with E-state index in [9.17, 15) is 0 Å². The first kappa shape index (κ1) is 13.9. The Morgan fingerprint density at radius 1 is 1.50 bits per heavy atom. The number of ether oxygens (including phenoxy) is 1. The highest BCUT2D eigenvalue weighted by atomic mass is 16.5. The molecule has 0 aromatic rings. The van der Waals surface area contributed by atoms with E-state index in [0.29, 0.717) is 12.6 Å². The van der Waals surface area contributed by atoms with E-state index in [0.717, 1.165) is 13.1 Å². The summed E-state index contributed by atoms with van der Waals surface area (Å²) in [5, 5.41) is 9.15. The zero-order valence-corrected chi connectivity index (χ0v) is 10.9. The van der Waals surface area contributed by atoms with Crippen LogP contribution in [0.25, 0.3) is 0 Å². The molecule has 3 unspecified atom stereocenters. The summed E-state index contributed by atoms with van der Waals surface area (Å²) in [5.74, 6) is 0. The molecular formula is C12H26N2O2. The third-order valence-electron chi connectivity index (χ3n) is 3.15. The zero-order chi connectivity index (χ0) is 12.3. The topological polar surface area (TPSA) is 58.7 Å². The fourth-order valence-electron chi connectivity index (χ4n) is 2.77. The Balaban J connectivity index is 2.71. The van der Waals surface area contributed by atoms with Crippen molar-refractivity contribution in [2.24, 2.45) is 11.1 Å². The van der Waals surface area contributed by atoms with E-state index < -0.39 is 0 Å². The van der Waals surface area contributed by atoms with Gasteiger partial charge in [0.05, 0.1) is 19.3 Å². The highest BCUT2D eigenvalue weighted by Crippen LogP contribution is 2.27. The van der Waals surface area contributed by atoms with Crippen LogP contribution in [0, 0.1) is 5.41 Å². The second kappa shape index (κ2) is 5.45. The highest BCUT2D eigenvalue weighted by Gasteiger charge is 2.35. The average Bonchev–Trinajstić information content (AvgIpc) is 2.15. The van der Waals surface area contributed by atoms with Crippen molar-refractivity contribution in [1.29, 1.82) is 0 Å². The Kier molecular flexibility index (Phi) is 4.73. The van der Waals surface area contributed by atoms with Crippen LogP contribution in [-0.2, 0) is 4.74 Å². The van der Waals surface area contributed by atoms with Crippen LogP contribution in [-0.4, -0.2) is 54.5 Å². The predicted octanol–water partition coefficient (Wildman–Crippen LogP) is 0.441. The molecule has 0 saturated carbocycles. The van der Waals surface area contributed by atoms with Gasteiger partial charge >= 0.3 is 0 Å². The molecule has 0 aromatic heterocycles. The molecule has 1 rings (SSSR count). The number of aliphatic hydroxyl groups is 1. The minimum atomic E-state index is -0.0580. The molecule has 0 bridgehead atoms. The van der Waals surface area contributed by atoms with Crippen molar-refractivity contribution >= 4 is 0 Å². The van der Waals surface area contributed by atoms with Gasteiger partial charge in [0.15, 0.2) is 0 Å². The molecule has 1 fully saturated rings. The lowest BCUT2D eigenvalue weighted by atomic mass is 9.81. The molecule has 1 aliphatic rings. The van der Waals surface area contributed by atoms with Crippen molar-refractivity contribution in [2.45, 2.75) is 45.9 Å². The molecule has 96 valence electrons. The van der Waals surface area contributed by atoms with Gasteiger partial charge in [0.1, 0.15) is 0 Å². The molecular weight excluding hydrogens is 204 g/mol. The average molecular weight is 230 g/mol. The minimum absolute atomic E-state index is 0.0580. The summed E-state index contributed by atoms with van der Waals surface area (Å²) >= 11 is 0. The molecule has 1 saturated heterocycles. The number of nitrogens with zero attached hydrogens (tertiary/aromatic N) is 1. The summed E-state index contributed by atoms with van der Waals surface area (Å²) < 4.78 is 5.47. The van der Waals surface area contributed by atoms with Crippen molar-refractivity contribution in [1.82, 2.24) is 4.90 Å². The van der Waals surface area contributed by atoms with Crippen LogP contribution in [0.5, 0.6) is 0 Å². The van der Waals surface area contributed by atoms with Crippen LogP contribution in [0.15, 0.2) is 0 Å². The van der Waals surface area contributed by atoms with Gasteiger partial charge in [-0.3, -0.25) is 4.90 Å². The molecule has 0 spiro atoms. The maximum absolute atomic E-state index is 9.15. The minimum Gasteiger partial charge on any atom is -0.394 e. The van der Waals surface area contributed by atoms with E-state index in [1.807, 2.05) is 0 Å². The van der Waals surface area contributed by atoms with Gasteiger partial charge in [0.2, 0.25) is 0 Å². The number of nitrogens with two attached hydrogens (primary N) is 1. The van der Waals surface area contributed by atoms with Crippen molar-refractivity contribution in [3.05, 3.63) is 0 Å². The summed E-state index contributed by atoms with van der Waals surface area (Å²) in [6.07, 6.45) is -0.0580. The zero-order valence-electron chi connectivity index (χ0n) is 10.9. The van der Waals surface area contributed by atoms with Crippen molar-refractivity contribution in [3.63, 3.8) is 0 Å². The normalized spacial score (nSPS) is 27.8. The van der Waals surface area contributed by atoms with Crippen LogP contribution in [0.1, 0.15) is 27.7 Å². The quantitative estimate of drug-likeness (QED) is 0.739. The molecule has 3 atom stereocenters. The largest absolute Gasteiger partial charge is 0.394 e. The molecule has 0 amide bonds. The molecule has 0 aliphatic carbocycles. The molecule has 4 heteroatoms. The van der Waals surface area contributed by atoms with Gasteiger partial charge in [-0.1, -0.05) is 20.8 Å². The number of rotatable bonds is 3. The van der Waals surface area contributed by atoms with E-state index in [1.165, 1.54) is 0 Å². The standard InChI is InChI=1S/C12H26N2O2/c1-9(13)11(12(2,3)4)14-5-6-16-10(7-14)8-15/h9-11,15H,5-8,13H2,1-4H3. The van der Waals surface area contributed by atoms with Crippen LogP contribution >= 0.6 is 0 Å². The maximum atomic E-state index is 9.15. The van der Waals surface area contributed by atoms with Gasteiger partial charge in [-0.15, -0.1) is 0 Å².